The van der Waals surface area contributed by atoms with Gasteiger partial charge in [-0.15, -0.1) is 11.3 Å². The van der Waals surface area contributed by atoms with Crippen molar-refractivity contribution in [2.75, 3.05) is 5.32 Å². The molecule has 0 bridgehead atoms. The van der Waals surface area contributed by atoms with Gasteiger partial charge in [0.25, 0.3) is 5.91 Å². The Morgan fingerprint density at radius 1 is 1.32 bits per heavy atom. The zero-order valence-electron chi connectivity index (χ0n) is 12.8. The van der Waals surface area contributed by atoms with Crippen molar-refractivity contribution in [1.29, 1.82) is 0 Å². The first-order valence-electron chi connectivity index (χ1n) is 6.76. The van der Waals surface area contributed by atoms with Gasteiger partial charge >= 0.3 is 5.97 Å². The Bertz CT molecular complexity index is 833. The van der Waals surface area contributed by atoms with E-state index < -0.39 is 11.9 Å². The fourth-order valence-corrected chi connectivity index (χ4v) is 4.17. The summed E-state index contributed by atoms with van der Waals surface area (Å²) < 4.78 is 2.75. The summed E-state index contributed by atoms with van der Waals surface area (Å²) in [4.78, 5) is 24.9. The maximum absolute atomic E-state index is 12.4. The van der Waals surface area contributed by atoms with E-state index in [0.29, 0.717) is 21.2 Å². The van der Waals surface area contributed by atoms with E-state index in [0.717, 1.165) is 11.9 Å². The molecule has 1 heterocycles. The second-order valence-corrected chi connectivity index (χ2v) is 8.21. The van der Waals surface area contributed by atoms with Crippen LogP contribution < -0.4 is 14.0 Å². The summed E-state index contributed by atoms with van der Waals surface area (Å²) in [5, 5.41) is 14.4. The molecule has 6 nitrogen and oxygen atoms in total. The molecule has 0 atom stereocenters. The van der Waals surface area contributed by atoms with Crippen molar-refractivity contribution in [2.24, 2.45) is 5.73 Å². The van der Waals surface area contributed by atoms with Crippen LogP contribution in [0, 0.1) is 0 Å². The lowest BCUT2D eigenvalue weighted by Crippen LogP contribution is -2.18. The van der Waals surface area contributed by atoms with Gasteiger partial charge in [0, 0.05) is 39.0 Å². The largest absolute Gasteiger partial charge is 0.478 e. The Kier molecular flexibility index (Phi) is 7.14. The number of hydrogen-bond acceptors (Lipinski definition) is 6. The zero-order chi connectivity index (χ0) is 18.6. The molecule has 1 aromatic carbocycles. The summed E-state index contributed by atoms with van der Waals surface area (Å²) in [5.41, 5.74) is 7.01. The number of allylic oxidation sites excluding steroid dienone is 1. The van der Waals surface area contributed by atoms with Gasteiger partial charge in [-0.05, 0) is 36.6 Å². The van der Waals surface area contributed by atoms with Crippen molar-refractivity contribution < 1.29 is 14.7 Å². The van der Waals surface area contributed by atoms with Crippen molar-refractivity contribution >= 4 is 75.3 Å². The zero-order valence-corrected chi connectivity index (χ0v) is 17.3. The lowest BCUT2D eigenvalue weighted by atomic mass is 10.1. The van der Waals surface area contributed by atoms with Gasteiger partial charge in [-0.2, -0.15) is 0 Å². The number of nitrogens with two attached hydrogens (primary N) is 1. The molecule has 10 heteroatoms. The quantitative estimate of drug-likeness (QED) is 0.198. The monoisotopic (exact) mass is 509 g/mol. The average Bonchev–Trinajstić information content (AvgIpc) is 2.96. The molecular formula is C15H13ClIN3O3S2. The number of carboxylic acids is 1. The van der Waals surface area contributed by atoms with Crippen LogP contribution in [0.3, 0.4) is 0 Å². The first kappa shape index (κ1) is 20.0. The highest BCUT2D eigenvalue weighted by atomic mass is 127. The van der Waals surface area contributed by atoms with Gasteiger partial charge in [-0.1, -0.05) is 23.7 Å². The van der Waals surface area contributed by atoms with Gasteiger partial charge in [0.15, 0.2) is 0 Å². The summed E-state index contributed by atoms with van der Waals surface area (Å²) in [5.74, 6) is -1.60. The average molecular weight is 510 g/mol. The van der Waals surface area contributed by atoms with Gasteiger partial charge in [0.2, 0.25) is 0 Å². The number of halogens is 2. The molecule has 0 unspecified atom stereocenters. The van der Waals surface area contributed by atoms with Crippen LogP contribution in [0.25, 0.3) is 10.4 Å². The van der Waals surface area contributed by atoms with Gasteiger partial charge in [-0.25, -0.2) is 7.73 Å². The molecule has 0 aliphatic heterocycles. The van der Waals surface area contributed by atoms with E-state index in [4.69, 9.17) is 17.3 Å². The molecule has 0 saturated heterocycles. The van der Waals surface area contributed by atoms with E-state index in [9.17, 15) is 14.7 Å². The van der Waals surface area contributed by atoms with Gasteiger partial charge in [0.05, 0.1) is 10.6 Å². The molecule has 0 spiro atoms. The van der Waals surface area contributed by atoms with Crippen LogP contribution in [0.4, 0.5) is 5.69 Å². The number of amides is 1. The predicted octanol–water partition coefficient (Wildman–Crippen LogP) is 4.48. The normalized spacial score (nSPS) is 11.8. The standard InChI is InChI=1S/C15H13ClIN3O3S2/c1-7(18)12(25-20-17)14(21)19-10-6-24-13(11(10)15(22)23)8-2-4-9(16)5-3-8/h2-6,20H,18H2,1H3,(H,19,21)(H,22,23)/b12-7-. The Morgan fingerprint density at radius 2 is 1.96 bits per heavy atom. The van der Waals surface area contributed by atoms with Crippen molar-refractivity contribution in [3.05, 3.63) is 50.8 Å². The number of thiophene rings is 1. The molecule has 0 radical (unpaired) electrons. The van der Waals surface area contributed by atoms with Crippen LogP contribution >= 0.6 is 57.8 Å². The lowest BCUT2D eigenvalue weighted by molar-refractivity contribution is -0.112. The third kappa shape index (κ3) is 4.88. The van der Waals surface area contributed by atoms with Gasteiger partial charge in [0.1, 0.15) is 10.5 Å². The molecule has 2 rings (SSSR count). The molecule has 0 fully saturated rings. The SMILES string of the molecule is C/C(N)=C(/SNI)C(=O)Nc1csc(-c2ccc(Cl)cc2)c1C(=O)O. The molecule has 5 N–H and O–H groups in total. The minimum atomic E-state index is -1.13. The van der Waals surface area contributed by atoms with E-state index in [2.05, 4.69) is 8.25 Å². The summed E-state index contributed by atoms with van der Waals surface area (Å²) in [6, 6.07) is 6.83. The van der Waals surface area contributed by atoms with Crippen LogP contribution in [0.15, 0.2) is 40.2 Å². The van der Waals surface area contributed by atoms with Crippen LogP contribution in [0.2, 0.25) is 5.02 Å². The van der Waals surface area contributed by atoms with Crippen molar-refractivity contribution in [3.63, 3.8) is 0 Å². The fourth-order valence-electron chi connectivity index (χ4n) is 2.00. The Morgan fingerprint density at radius 3 is 2.48 bits per heavy atom. The summed E-state index contributed by atoms with van der Waals surface area (Å²) in [6.45, 7) is 1.60. The van der Waals surface area contributed by atoms with E-state index in [1.165, 1.54) is 11.3 Å². The van der Waals surface area contributed by atoms with Crippen LogP contribution in [-0.2, 0) is 4.79 Å². The first-order valence-corrected chi connectivity index (χ1v) is 9.91. The van der Waals surface area contributed by atoms with Crippen LogP contribution in [0.5, 0.6) is 0 Å². The van der Waals surface area contributed by atoms with E-state index >= 15 is 0 Å². The number of nitrogens with one attached hydrogen (secondary N) is 2. The number of carbonyl (C=O) groups is 2. The minimum absolute atomic E-state index is 0.0297. The fraction of sp³-hybridized carbons (Fsp3) is 0.0667. The topological polar surface area (TPSA) is 104 Å². The maximum Gasteiger partial charge on any atom is 0.339 e. The molecule has 25 heavy (non-hydrogen) atoms. The van der Waals surface area contributed by atoms with Crippen LogP contribution in [0.1, 0.15) is 17.3 Å². The van der Waals surface area contributed by atoms with E-state index in [1.807, 2.05) is 22.9 Å². The molecule has 132 valence electrons. The number of rotatable bonds is 6. The molecule has 1 amide bonds. The van der Waals surface area contributed by atoms with Gasteiger partial charge < -0.3 is 16.2 Å². The predicted molar refractivity (Wildman–Crippen MR) is 112 cm³/mol. The molecule has 1 aromatic heterocycles. The van der Waals surface area contributed by atoms with Crippen LogP contribution in [-0.4, -0.2) is 17.0 Å². The molecule has 0 saturated carbocycles. The smallest absolute Gasteiger partial charge is 0.339 e. The molecule has 0 aliphatic carbocycles. The third-order valence-electron chi connectivity index (χ3n) is 3.06. The lowest BCUT2D eigenvalue weighted by Gasteiger charge is -2.09. The maximum atomic E-state index is 12.4. The Balaban J connectivity index is 2.40. The third-order valence-corrected chi connectivity index (χ3v) is 5.79. The number of anilines is 1. The molecule has 2 aromatic rings. The summed E-state index contributed by atoms with van der Waals surface area (Å²) >= 11 is 10.0. The second-order valence-electron chi connectivity index (χ2n) is 4.81. The Labute approximate surface area is 171 Å². The summed E-state index contributed by atoms with van der Waals surface area (Å²) in [6.07, 6.45) is 0. The highest BCUT2D eigenvalue weighted by molar-refractivity contribution is 14.1. The number of aromatic carboxylic acids is 1. The van der Waals surface area contributed by atoms with Gasteiger partial charge in [-0.3, -0.25) is 4.79 Å². The highest BCUT2D eigenvalue weighted by Crippen LogP contribution is 2.37. The van der Waals surface area contributed by atoms with Crippen molar-refractivity contribution in [1.82, 2.24) is 2.94 Å². The highest BCUT2D eigenvalue weighted by Gasteiger charge is 2.22. The molecular weight excluding hydrogens is 497 g/mol. The van der Waals surface area contributed by atoms with E-state index in [-0.39, 0.29) is 16.2 Å². The number of carboxylic acid groups (broad SMARTS) is 1. The van der Waals surface area contributed by atoms with Crippen molar-refractivity contribution in [2.45, 2.75) is 6.92 Å². The van der Waals surface area contributed by atoms with Crippen molar-refractivity contribution in [3.8, 4) is 10.4 Å². The Hall–Kier alpha value is -1.27. The first-order chi connectivity index (χ1) is 11.8. The summed E-state index contributed by atoms with van der Waals surface area (Å²) in [7, 11) is 0. The number of carbonyl (C=O) groups excluding carboxylic acids is 1. The second kappa shape index (κ2) is 8.90. The van der Waals surface area contributed by atoms with E-state index in [1.54, 1.807) is 36.6 Å². The number of hydrogen-bond donors (Lipinski definition) is 4. The molecule has 0 aliphatic rings. The number of benzene rings is 1. The minimum Gasteiger partial charge on any atom is -0.478 e.